The maximum Gasteiger partial charge on any atom is 0.242 e. The largest absolute Gasteiger partial charge is 0.508 e. The molecule has 0 fully saturated rings. The van der Waals surface area contributed by atoms with Crippen LogP contribution in [-0.4, -0.2) is 62.2 Å². The zero-order valence-corrected chi connectivity index (χ0v) is 21.7. The van der Waals surface area contributed by atoms with E-state index in [-0.39, 0.29) is 17.6 Å². The minimum atomic E-state index is -0.623. The van der Waals surface area contributed by atoms with E-state index in [4.69, 9.17) is 5.73 Å². The summed E-state index contributed by atoms with van der Waals surface area (Å²) >= 11 is 0. The SMILES string of the molecule is CCCCCCCC(=O)N[C@@H](Cc1ccc(O)cc1)C(=O)NCCCNCCCCNCCCN. The van der Waals surface area contributed by atoms with Crippen LogP contribution in [-0.2, 0) is 16.0 Å². The number of hydrogen-bond donors (Lipinski definition) is 6. The highest BCUT2D eigenvalue weighted by Crippen LogP contribution is 2.12. The normalized spacial score (nSPS) is 11.8. The Labute approximate surface area is 212 Å². The van der Waals surface area contributed by atoms with Gasteiger partial charge in [0.25, 0.3) is 0 Å². The molecule has 0 heterocycles. The van der Waals surface area contributed by atoms with Crippen molar-refractivity contribution in [1.82, 2.24) is 21.3 Å². The molecule has 2 amide bonds. The molecule has 200 valence electrons. The van der Waals surface area contributed by atoms with Crippen LogP contribution in [0, 0.1) is 0 Å². The van der Waals surface area contributed by atoms with Crippen molar-refractivity contribution in [3.05, 3.63) is 29.8 Å². The summed E-state index contributed by atoms with van der Waals surface area (Å²) in [6.45, 7) is 7.26. The van der Waals surface area contributed by atoms with Crippen molar-refractivity contribution in [1.29, 1.82) is 0 Å². The summed E-state index contributed by atoms with van der Waals surface area (Å²) in [5, 5.41) is 22.2. The van der Waals surface area contributed by atoms with Crippen LogP contribution in [0.5, 0.6) is 5.75 Å². The first-order valence-electron chi connectivity index (χ1n) is 13.5. The second-order valence-corrected chi connectivity index (χ2v) is 9.15. The maximum absolute atomic E-state index is 12.8. The van der Waals surface area contributed by atoms with E-state index in [2.05, 4.69) is 28.2 Å². The first-order valence-corrected chi connectivity index (χ1v) is 13.5. The Morgan fingerprint density at radius 2 is 1.46 bits per heavy atom. The predicted molar refractivity (Wildman–Crippen MR) is 143 cm³/mol. The minimum absolute atomic E-state index is 0.0837. The predicted octanol–water partition coefficient (Wildman–Crippen LogP) is 2.59. The Balaban J connectivity index is 2.32. The van der Waals surface area contributed by atoms with E-state index in [1.165, 1.54) is 12.8 Å². The van der Waals surface area contributed by atoms with E-state index in [1.807, 2.05) is 0 Å². The van der Waals surface area contributed by atoms with Crippen molar-refractivity contribution < 1.29 is 14.7 Å². The summed E-state index contributed by atoms with van der Waals surface area (Å²) in [6, 6.07) is 6.14. The molecule has 0 aliphatic rings. The molecule has 1 rings (SSSR count). The van der Waals surface area contributed by atoms with Crippen molar-refractivity contribution >= 4 is 11.8 Å². The Morgan fingerprint density at radius 3 is 2.11 bits per heavy atom. The molecule has 1 atom stereocenters. The molecule has 0 radical (unpaired) electrons. The number of aromatic hydroxyl groups is 1. The molecule has 0 unspecified atom stereocenters. The van der Waals surface area contributed by atoms with Crippen LogP contribution in [0.25, 0.3) is 0 Å². The van der Waals surface area contributed by atoms with Gasteiger partial charge in [-0.05, 0) is 82.5 Å². The number of amides is 2. The lowest BCUT2D eigenvalue weighted by Gasteiger charge is -2.19. The molecule has 35 heavy (non-hydrogen) atoms. The smallest absolute Gasteiger partial charge is 0.242 e. The lowest BCUT2D eigenvalue weighted by Crippen LogP contribution is -2.48. The van der Waals surface area contributed by atoms with E-state index in [1.54, 1.807) is 24.3 Å². The lowest BCUT2D eigenvalue weighted by atomic mass is 10.0. The number of unbranched alkanes of at least 4 members (excludes halogenated alkanes) is 5. The highest BCUT2D eigenvalue weighted by molar-refractivity contribution is 5.87. The molecular weight excluding hydrogens is 442 g/mol. The van der Waals surface area contributed by atoms with Gasteiger partial charge >= 0.3 is 0 Å². The number of rotatable bonds is 22. The highest BCUT2D eigenvalue weighted by Gasteiger charge is 2.20. The van der Waals surface area contributed by atoms with Gasteiger partial charge in [0.05, 0.1) is 0 Å². The molecule has 0 aliphatic heterocycles. The van der Waals surface area contributed by atoms with Gasteiger partial charge in [-0.1, -0.05) is 44.7 Å². The van der Waals surface area contributed by atoms with Gasteiger partial charge in [-0.2, -0.15) is 0 Å². The van der Waals surface area contributed by atoms with Crippen LogP contribution in [0.1, 0.15) is 76.7 Å². The standard InChI is InChI=1S/C27H49N5O3/c1-2-3-4-5-6-11-26(34)32-25(22-23-12-14-24(33)15-13-23)27(35)31-21-10-20-30-18-8-7-17-29-19-9-16-28/h12-15,25,29-30,33H,2-11,16-22,28H2,1H3,(H,31,35)(H,32,34)/t25-/m0/s1. The van der Waals surface area contributed by atoms with Gasteiger partial charge in [-0.25, -0.2) is 0 Å². The van der Waals surface area contributed by atoms with Crippen molar-refractivity contribution in [2.75, 3.05) is 39.3 Å². The second kappa shape index (κ2) is 21.1. The number of benzene rings is 1. The van der Waals surface area contributed by atoms with E-state index < -0.39 is 6.04 Å². The van der Waals surface area contributed by atoms with Gasteiger partial charge in [0.1, 0.15) is 11.8 Å². The fourth-order valence-electron chi connectivity index (χ4n) is 3.76. The third-order valence-corrected chi connectivity index (χ3v) is 5.88. The van der Waals surface area contributed by atoms with Crippen LogP contribution in [0.4, 0.5) is 0 Å². The van der Waals surface area contributed by atoms with Gasteiger partial charge in [0.15, 0.2) is 0 Å². The number of carbonyl (C=O) groups is 2. The summed E-state index contributed by atoms with van der Waals surface area (Å²) in [5.41, 5.74) is 6.37. The Kier molecular flexibility index (Phi) is 18.7. The fraction of sp³-hybridized carbons (Fsp3) is 0.704. The van der Waals surface area contributed by atoms with Gasteiger partial charge in [-0.3, -0.25) is 9.59 Å². The molecule has 0 aliphatic carbocycles. The third-order valence-electron chi connectivity index (χ3n) is 5.88. The number of phenolic OH excluding ortho intramolecular Hbond substituents is 1. The van der Waals surface area contributed by atoms with Gasteiger partial charge < -0.3 is 32.1 Å². The zero-order valence-electron chi connectivity index (χ0n) is 21.7. The Morgan fingerprint density at radius 1 is 0.829 bits per heavy atom. The van der Waals surface area contributed by atoms with E-state index in [0.717, 1.165) is 83.2 Å². The van der Waals surface area contributed by atoms with Crippen LogP contribution < -0.4 is 27.0 Å². The molecule has 0 saturated carbocycles. The Hall–Kier alpha value is -2.16. The molecule has 7 N–H and O–H groups in total. The first kappa shape index (κ1) is 30.9. The van der Waals surface area contributed by atoms with E-state index in [9.17, 15) is 14.7 Å². The molecule has 0 saturated heterocycles. The van der Waals surface area contributed by atoms with Crippen LogP contribution in [0.3, 0.4) is 0 Å². The minimum Gasteiger partial charge on any atom is -0.508 e. The molecule has 8 heteroatoms. The first-order chi connectivity index (χ1) is 17.1. The molecule has 0 spiro atoms. The highest BCUT2D eigenvalue weighted by atomic mass is 16.3. The average Bonchev–Trinajstić information content (AvgIpc) is 2.85. The lowest BCUT2D eigenvalue weighted by molar-refractivity contribution is -0.129. The molecule has 8 nitrogen and oxygen atoms in total. The Bertz CT molecular complexity index is 669. The van der Waals surface area contributed by atoms with E-state index >= 15 is 0 Å². The van der Waals surface area contributed by atoms with Gasteiger partial charge in [-0.15, -0.1) is 0 Å². The van der Waals surface area contributed by atoms with Crippen molar-refractivity contribution in [2.24, 2.45) is 5.73 Å². The summed E-state index contributed by atoms with van der Waals surface area (Å²) in [7, 11) is 0. The van der Waals surface area contributed by atoms with Gasteiger partial charge in [0.2, 0.25) is 11.8 Å². The van der Waals surface area contributed by atoms with Crippen molar-refractivity contribution in [3.63, 3.8) is 0 Å². The number of phenols is 1. The summed E-state index contributed by atoms with van der Waals surface area (Å²) in [5.74, 6) is -0.0678. The van der Waals surface area contributed by atoms with Crippen LogP contribution in [0.2, 0.25) is 0 Å². The molecule has 0 aromatic heterocycles. The maximum atomic E-state index is 12.8. The quantitative estimate of drug-likeness (QED) is 0.138. The number of nitrogens with one attached hydrogen (secondary N) is 4. The molecule has 1 aromatic rings. The summed E-state index contributed by atoms with van der Waals surface area (Å²) in [4.78, 5) is 25.3. The fourth-order valence-corrected chi connectivity index (χ4v) is 3.76. The molecule has 0 bridgehead atoms. The number of carbonyl (C=O) groups excluding carboxylic acids is 2. The molecule has 1 aromatic carbocycles. The van der Waals surface area contributed by atoms with Crippen molar-refractivity contribution in [3.8, 4) is 5.75 Å². The zero-order chi connectivity index (χ0) is 25.6. The summed E-state index contributed by atoms with van der Waals surface area (Å²) in [6.07, 6.45) is 10.3. The number of hydrogen-bond acceptors (Lipinski definition) is 6. The average molecular weight is 492 g/mol. The van der Waals surface area contributed by atoms with Crippen LogP contribution in [0.15, 0.2) is 24.3 Å². The van der Waals surface area contributed by atoms with E-state index in [0.29, 0.717) is 19.4 Å². The second-order valence-electron chi connectivity index (χ2n) is 9.15. The molecular formula is C27H49N5O3. The number of nitrogens with two attached hydrogens (primary N) is 1. The monoisotopic (exact) mass is 491 g/mol. The third kappa shape index (κ3) is 17.0. The van der Waals surface area contributed by atoms with Crippen LogP contribution >= 0.6 is 0 Å². The topological polar surface area (TPSA) is 129 Å². The van der Waals surface area contributed by atoms with Gasteiger partial charge in [0, 0.05) is 19.4 Å². The summed E-state index contributed by atoms with van der Waals surface area (Å²) < 4.78 is 0. The van der Waals surface area contributed by atoms with Crippen molar-refractivity contribution in [2.45, 2.75) is 83.6 Å².